The van der Waals surface area contributed by atoms with Gasteiger partial charge in [-0.3, -0.25) is 0 Å². The van der Waals surface area contributed by atoms with Gasteiger partial charge in [-0.2, -0.15) is 0 Å². The average molecular weight is 346 g/mol. The number of anilines is 1. The molecule has 2 aromatic rings. The molecule has 0 unspecified atom stereocenters. The Balaban J connectivity index is 1.79. The molecule has 1 aliphatic heterocycles. The van der Waals surface area contributed by atoms with Gasteiger partial charge in [0, 0.05) is 25.1 Å². The average Bonchev–Trinajstić information content (AvgIpc) is 2.85. The Morgan fingerprint density at radius 1 is 1.19 bits per heavy atom. The lowest BCUT2D eigenvalue weighted by Gasteiger charge is -2.27. The molecule has 112 valence electrons. The van der Waals surface area contributed by atoms with Crippen molar-refractivity contribution in [2.24, 2.45) is 0 Å². The number of halogens is 3. The number of morpholine rings is 1. The highest BCUT2D eigenvalue weighted by Gasteiger charge is 2.19. The molecule has 1 aromatic heterocycles. The smallest absolute Gasteiger partial charge is 0.161 e. The Labute approximate surface area is 137 Å². The van der Waals surface area contributed by atoms with Gasteiger partial charge in [-0.15, -0.1) is 11.3 Å². The molecule has 1 fully saturated rings. The van der Waals surface area contributed by atoms with Gasteiger partial charge in [0.25, 0.3) is 0 Å². The monoisotopic (exact) mass is 345 g/mol. The first kappa shape index (κ1) is 15.1. The van der Waals surface area contributed by atoms with Crippen LogP contribution in [0.25, 0.3) is 0 Å². The standard InChI is InChI=1S/C15H14Cl2FNOS/c16-12-2-1-10(8-13(12)17)7-11-9-21-15(14(11)18)19-3-5-20-6-4-19/h1-2,8-9H,3-7H2. The summed E-state index contributed by atoms with van der Waals surface area (Å²) in [7, 11) is 0. The molecule has 21 heavy (non-hydrogen) atoms. The van der Waals surface area contributed by atoms with Crippen LogP contribution in [0.5, 0.6) is 0 Å². The molecular weight excluding hydrogens is 332 g/mol. The van der Waals surface area contributed by atoms with Gasteiger partial charge < -0.3 is 9.64 Å². The van der Waals surface area contributed by atoms with E-state index in [0.717, 1.165) is 18.7 Å². The predicted octanol–water partition coefficient (Wildman–Crippen LogP) is 4.62. The second-order valence-corrected chi connectivity index (χ2v) is 6.58. The molecule has 6 heteroatoms. The third kappa shape index (κ3) is 3.34. The van der Waals surface area contributed by atoms with Crippen molar-refractivity contribution < 1.29 is 9.13 Å². The minimum absolute atomic E-state index is 0.132. The van der Waals surface area contributed by atoms with Gasteiger partial charge in [-0.25, -0.2) is 4.39 Å². The zero-order valence-electron chi connectivity index (χ0n) is 11.2. The summed E-state index contributed by atoms with van der Waals surface area (Å²) in [5.41, 5.74) is 1.65. The molecule has 3 rings (SSSR count). The van der Waals surface area contributed by atoms with E-state index in [2.05, 4.69) is 0 Å². The van der Waals surface area contributed by atoms with E-state index in [-0.39, 0.29) is 5.82 Å². The third-order valence-electron chi connectivity index (χ3n) is 3.46. The summed E-state index contributed by atoms with van der Waals surface area (Å²) in [6.45, 7) is 2.78. The molecule has 0 atom stereocenters. The molecule has 1 aliphatic rings. The summed E-state index contributed by atoms with van der Waals surface area (Å²) in [5.74, 6) is -0.132. The number of thiophene rings is 1. The van der Waals surface area contributed by atoms with E-state index in [1.807, 2.05) is 16.3 Å². The van der Waals surface area contributed by atoms with E-state index < -0.39 is 0 Å². The van der Waals surface area contributed by atoms with Crippen molar-refractivity contribution in [3.63, 3.8) is 0 Å². The Kier molecular flexibility index (Phi) is 4.69. The van der Waals surface area contributed by atoms with E-state index >= 15 is 0 Å². The van der Waals surface area contributed by atoms with Gasteiger partial charge in [0.05, 0.1) is 23.3 Å². The lowest BCUT2D eigenvalue weighted by Crippen LogP contribution is -2.36. The number of hydrogen-bond acceptors (Lipinski definition) is 3. The summed E-state index contributed by atoms with van der Waals surface area (Å²) < 4.78 is 19.9. The number of benzene rings is 1. The lowest BCUT2D eigenvalue weighted by atomic mass is 10.1. The third-order valence-corrected chi connectivity index (χ3v) is 5.26. The van der Waals surface area contributed by atoms with Crippen LogP contribution in [0.4, 0.5) is 9.39 Å². The summed E-state index contributed by atoms with van der Waals surface area (Å²) in [4.78, 5) is 2.04. The van der Waals surface area contributed by atoms with E-state index in [4.69, 9.17) is 27.9 Å². The normalized spacial score (nSPS) is 15.5. The molecule has 0 spiro atoms. The highest BCUT2D eigenvalue weighted by atomic mass is 35.5. The zero-order valence-corrected chi connectivity index (χ0v) is 13.6. The molecule has 1 saturated heterocycles. The second kappa shape index (κ2) is 6.53. The predicted molar refractivity (Wildman–Crippen MR) is 86.6 cm³/mol. The van der Waals surface area contributed by atoms with Crippen molar-refractivity contribution in [2.75, 3.05) is 31.2 Å². The molecule has 0 amide bonds. The molecule has 0 radical (unpaired) electrons. The van der Waals surface area contributed by atoms with Crippen LogP contribution in [0.1, 0.15) is 11.1 Å². The molecule has 0 saturated carbocycles. The van der Waals surface area contributed by atoms with Crippen LogP contribution >= 0.6 is 34.5 Å². The van der Waals surface area contributed by atoms with E-state index in [1.165, 1.54) is 11.3 Å². The van der Waals surface area contributed by atoms with E-state index in [1.54, 1.807) is 12.1 Å². The lowest BCUT2D eigenvalue weighted by molar-refractivity contribution is 0.122. The Hall–Kier alpha value is -0.810. The topological polar surface area (TPSA) is 12.5 Å². The number of rotatable bonds is 3. The van der Waals surface area contributed by atoms with Crippen molar-refractivity contribution in [3.05, 3.63) is 50.6 Å². The first-order valence-corrected chi connectivity index (χ1v) is 8.31. The maximum Gasteiger partial charge on any atom is 0.161 e. The Bertz CT molecular complexity index is 641. The molecule has 2 nitrogen and oxygen atoms in total. The van der Waals surface area contributed by atoms with Crippen molar-refractivity contribution in [3.8, 4) is 0 Å². The van der Waals surface area contributed by atoms with Crippen molar-refractivity contribution >= 4 is 39.5 Å². The fraction of sp³-hybridized carbons (Fsp3) is 0.333. The fourth-order valence-corrected chi connectivity index (χ4v) is 3.66. The highest BCUT2D eigenvalue weighted by molar-refractivity contribution is 7.14. The zero-order chi connectivity index (χ0) is 14.8. The van der Waals surface area contributed by atoms with Crippen LogP contribution in [-0.2, 0) is 11.2 Å². The molecule has 2 heterocycles. The summed E-state index contributed by atoms with van der Waals surface area (Å²) >= 11 is 13.3. The van der Waals surface area contributed by atoms with Gasteiger partial charge in [-0.05, 0) is 23.1 Å². The minimum Gasteiger partial charge on any atom is -0.378 e. The van der Waals surface area contributed by atoms with Crippen molar-refractivity contribution in [2.45, 2.75) is 6.42 Å². The largest absolute Gasteiger partial charge is 0.378 e. The quantitative estimate of drug-likeness (QED) is 0.804. The first-order valence-electron chi connectivity index (χ1n) is 6.67. The molecule has 1 aromatic carbocycles. The first-order chi connectivity index (χ1) is 10.1. The molecular formula is C15H14Cl2FNOS. The van der Waals surface area contributed by atoms with E-state index in [0.29, 0.717) is 40.2 Å². The number of nitrogens with zero attached hydrogens (tertiary/aromatic N) is 1. The van der Waals surface area contributed by atoms with Gasteiger partial charge >= 0.3 is 0 Å². The summed E-state index contributed by atoms with van der Waals surface area (Å²) in [5, 5.41) is 3.59. The van der Waals surface area contributed by atoms with Gasteiger partial charge in [-0.1, -0.05) is 29.3 Å². The molecule has 0 aliphatic carbocycles. The fourth-order valence-electron chi connectivity index (χ4n) is 2.34. The van der Waals surface area contributed by atoms with Gasteiger partial charge in [0.2, 0.25) is 0 Å². The Morgan fingerprint density at radius 3 is 2.67 bits per heavy atom. The van der Waals surface area contributed by atoms with Crippen molar-refractivity contribution in [1.29, 1.82) is 0 Å². The number of hydrogen-bond donors (Lipinski definition) is 0. The van der Waals surface area contributed by atoms with Crippen LogP contribution in [0, 0.1) is 5.82 Å². The molecule has 0 N–H and O–H groups in total. The van der Waals surface area contributed by atoms with Crippen LogP contribution in [0.3, 0.4) is 0 Å². The van der Waals surface area contributed by atoms with Crippen LogP contribution < -0.4 is 4.90 Å². The van der Waals surface area contributed by atoms with Crippen LogP contribution in [0.15, 0.2) is 23.6 Å². The second-order valence-electron chi connectivity index (χ2n) is 4.90. The SMILES string of the molecule is Fc1c(Cc2ccc(Cl)c(Cl)c2)csc1N1CCOCC1. The molecule has 0 bridgehead atoms. The van der Waals surface area contributed by atoms with Crippen molar-refractivity contribution in [1.82, 2.24) is 0 Å². The van der Waals surface area contributed by atoms with E-state index in [9.17, 15) is 4.39 Å². The summed E-state index contributed by atoms with van der Waals surface area (Å²) in [6, 6.07) is 5.40. The Morgan fingerprint density at radius 2 is 1.95 bits per heavy atom. The van der Waals surface area contributed by atoms with Gasteiger partial charge in [0.15, 0.2) is 5.82 Å². The maximum absolute atomic E-state index is 14.6. The highest BCUT2D eigenvalue weighted by Crippen LogP contribution is 2.32. The minimum atomic E-state index is -0.132. The summed E-state index contributed by atoms with van der Waals surface area (Å²) in [6.07, 6.45) is 0.517. The van der Waals surface area contributed by atoms with Crippen LogP contribution in [0.2, 0.25) is 10.0 Å². The maximum atomic E-state index is 14.6. The van der Waals surface area contributed by atoms with Gasteiger partial charge in [0.1, 0.15) is 5.00 Å². The van der Waals surface area contributed by atoms with Crippen LogP contribution in [-0.4, -0.2) is 26.3 Å². The number of ether oxygens (including phenoxy) is 1.